The van der Waals surface area contributed by atoms with Gasteiger partial charge in [-0.2, -0.15) is 0 Å². The molecule has 8 heteroatoms. The topological polar surface area (TPSA) is 118 Å². The molecule has 25 heavy (non-hydrogen) atoms. The number of rotatable bonds is 6. The minimum absolute atomic E-state index is 0. The van der Waals surface area contributed by atoms with Crippen LogP contribution in [-0.2, 0) is 9.53 Å². The van der Waals surface area contributed by atoms with E-state index in [1.54, 1.807) is 30.3 Å². The zero-order valence-corrected chi connectivity index (χ0v) is 14.6. The van der Waals surface area contributed by atoms with E-state index >= 15 is 0 Å². The van der Waals surface area contributed by atoms with Gasteiger partial charge in [-0.1, -0.05) is 0 Å². The second-order valence-corrected chi connectivity index (χ2v) is 5.06. The molecular formula is C17H20ClN3O4. The second-order valence-electron chi connectivity index (χ2n) is 5.06. The molecule has 1 atom stereocenters. The molecule has 1 unspecified atom stereocenters. The standard InChI is InChI=1S/C17H19N3O4.ClH/c1-23-14-8-11(7-13(21)9-14)15(17(22)24-2)20-12-5-3-10(4-6-12)16(18)19;/h3-9,15,20-21H,1-2H3,(H3,18,19);1H. The van der Waals surface area contributed by atoms with E-state index in [4.69, 9.17) is 20.6 Å². The van der Waals surface area contributed by atoms with Crippen LogP contribution in [0, 0.1) is 5.41 Å². The number of ether oxygens (including phenoxy) is 2. The predicted molar refractivity (Wildman–Crippen MR) is 97.7 cm³/mol. The molecule has 2 rings (SSSR count). The summed E-state index contributed by atoms with van der Waals surface area (Å²) in [5.74, 6) is -0.151. The highest BCUT2D eigenvalue weighted by molar-refractivity contribution is 5.95. The Labute approximate surface area is 151 Å². The highest BCUT2D eigenvalue weighted by Gasteiger charge is 2.22. The number of nitrogen functional groups attached to an aromatic ring is 1. The number of halogens is 1. The third kappa shape index (κ3) is 5.02. The quantitative estimate of drug-likeness (QED) is 0.355. The number of anilines is 1. The van der Waals surface area contributed by atoms with E-state index in [1.807, 2.05) is 0 Å². The molecule has 0 bridgehead atoms. The van der Waals surface area contributed by atoms with Gasteiger partial charge in [0.15, 0.2) is 6.04 Å². The largest absolute Gasteiger partial charge is 0.508 e. The Balaban J connectivity index is 0.00000312. The number of benzene rings is 2. The first-order chi connectivity index (χ1) is 11.4. The maximum absolute atomic E-state index is 12.1. The van der Waals surface area contributed by atoms with Crippen LogP contribution in [0.15, 0.2) is 42.5 Å². The summed E-state index contributed by atoms with van der Waals surface area (Å²) >= 11 is 0. The van der Waals surface area contributed by atoms with Gasteiger partial charge in [0.2, 0.25) is 0 Å². The number of amidine groups is 1. The van der Waals surface area contributed by atoms with Crippen LogP contribution >= 0.6 is 12.4 Å². The Kier molecular flexibility index (Phi) is 7.07. The van der Waals surface area contributed by atoms with E-state index in [1.165, 1.54) is 26.4 Å². The normalized spacial score (nSPS) is 11.0. The summed E-state index contributed by atoms with van der Waals surface area (Å²) in [6.45, 7) is 0. The fourth-order valence-electron chi connectivity index (χ4n) is 2.20. The molecule has 2 aromatic carbocycles. The van der Waals surface area contributed by atoms with Gasteiger partial charge < -0.3 is 25.6 Å². The van der Waals surface area contributed by atoms with Crippen molar-refractivity contribution in [2.24, 2.45) is 5.73 Å². The van der Waals surface area contributed by atoms with Crippen LogP contribution in [0.3, 0.4) is 0 Å². The lowest BCUT2D eigenvalue weighted by atomic mass is 10.1. The molecule has 0 saturated carbocycles. The molecule has 0 amide bonds. The number of nitrogens with one attached hydrogen (secondary N) is 2. The van der Waals surface area contributed by atoms with E-state index in [0.29, 0.717) is 22.6 Å². The molecule has 2 aromatic rings. The van der Waals surface area contributed by atoms with Crippen LogP contribution in [0.2, 0.25) is 0 Å². The van der Waals surface area contributed by atoms with Crippen molar-refractivity contribution in [2.45, 2.75) is 6.04 Å². The van der Waals surface area contributed by atoms with Gasteiger partial charge in [0.25, 0.3) is 0 Å². The Hall–Kier alpha value is -2.93. The monoisotopic (exact) mass is 365 g/mol. The van der Waals surface area contributed by atoms with Crippen molar-refractivity contribution in [3.8, 4) is 11.5 Å². The van der Waals surface area contributed by atoms with Crippen LogP contribution in [0.4, 0.5) is 5.69 Å². The number of esters is 1. The van der Waals surface area contributed by atoms with Crippen LogP contribution < -0.4 is 15.8 Å². The molecule has 0 aromatic heterocycles. The first kappa shape index (κ1) is 20.1. The summed E-state index contributed by atoms with van der Waals surface area (Å²) < 4.78 is 9.95. The van der Waals surface area contributed by atoms with Gasteiger partial charge in [0.1, 0.15) is 17.3 Å². The zero-order valence-electron chi connectivity index (χ0n) is 13.8. The van der Waals surface area contributed by atoms with Crippen LogP contribution in [0.5, 0.6) is 11.5 Å². The summed E-state index contributed by atoms with van der Waals surface area (Å²) in [4.78, 5) is 12.1. The number of carbonyl (C=O) groups is 1. The molecule has 0 aliphatic carbocycles. The number of phenolic OH excluding ortho intramolecular Hbond substituents is 1. The first-order valence-corrected chi connectivity index (χ1v) is 7.11. The molecule has 0 saturated heterocycles. The number of carbonyl (C=O) groups excluding carboxylic acids is 1. The maximum Gasteiger partial charge on any atom is 0.332 e. The van der Waals surface area contributed by atoms with Crippen molar-refractivity contribution in [3.05, 3.63) is 53.6 Å². The minimum Gasteiger partial charge on any atom is -0.508 e. The van der Waals surface area contributed by atoms with Crippen molar-refractivity contribution in [1.82, 2.24) is 0 Å². The highest BCUT2D eigenvalue weighted by Crippen LogP contribution is 2.28. The van der Waals surface area contributed by atoms with Crippen LogP contribution in [0.1, 0.15) is 17.2 Å². The van der Waals surface area contributed by atoms with Crippen molar-refractivity contribution >= 4 is 29.9 Å². The first-order valence-electron chi connectivity index (χ1n) is 7.11. The highest BCUT2D eigenvalue weighted by atomic mass is 35.5. The SMILES string of the molecule is COC(=O)C(Nc1ccc(C(=N)N)cc1)c1cc(O)cc(OC)c1.Cl. The molecule has 0 fully saturated rings. The van der Waals surface area contributed by atoms with Crippen molar-refractivity contribution in [1.29, 1.82) is 5.41 Å². The summed E-state index contributed by atoms with van der Waals surface area (Å²) in [6, 6.07) is 10.4. The lowest BCUT2D eigenvalue weighted by Gasteiger charge is -2.19. The van der Waals surface area contributed by atoms with Gasteiger partial charge in [-0.15, -0.1) is 12.4 Å². The number of phenols is 1. The number of methoxy groups -OCH3 is 2. The van der Waals surface area contributed by atoms with E-state index < -0.39 is 12.0 Å². The summed E-state index contributed by atoms with van der Waals surface area (Å²) in [5, 5.41) is 20.2. The molecule has 0 radical (unpaired) electrons. The van der Waals surface area contributed by atoms with Gasteiger partial charge >= 0.3 is 5.97 Å². The van der Waals surface area contributed by atoms with Crippen molar-refractivity contribution in [2.75, 3.05) is 19.5 Å². The molecule has 0 spiro atoms. The van der Waals surface area contributed by atoms with E-state index in [0.717, 1.165) is 0 Å². The van der Waals surface area contributed by atoms with Gasteiger partial charge in [-0.3, -0.25) is 5.41 Å². The fraction of sp³-hybridized carbons (Fsp3) is 0.176. The molecule has 5 N–H and O–H groups in total. The average molecular weight is 366 g/mol. The Morgan fingerprint density at radius 3 is 2.36 bits per heavy atom. The zero-order chi connectivity index (χ0) is 17.7. The smallest absolute Gasteiger partial charge is 0.332 e. The third-order valence-corrected chi connectivity index (χ3v) is 3.43. The third-order valence-electron chi connectivity index (χ3n) is 3.43. The van der Waals surface area contributed by atoms with Gasteiger partial charge in [0.05, 0.1) is 14.2 Å². The molecule has 134 valence electrons. The lowest BCUT2D eigenvalue weighted by Crippen LogP contribution is -2.22. The fourth-order valence-corrected chi connectivity index (χ4v) is 2.20. The maximum atomic E-state index is 12.1. The number of aromatic hydroxyl groups is 1. The van der Waals surface area contributed by atoms with Gasteiger partial charge in [0, 0.05) is 17.3 Å². The van der Waals surface area contributed by atoms with Crippen molar-refractivity contribution < 1.29 is 19.4 Å². The molecule has 0 aliphatic heterocycles. The van der Waals surface area contributed by atoms with Crippen LogP contribution in [0.25, 0.3) is 0 Å². The summed E-state index contributed by atoms with van der Waals surface area (Å²) in [5.41, 5.74) is 7.13. The number of nitrogens with two attached hydrogens (primary N) is 1. The minimum atomic E-state index is -0.834. The van der Waals surface area contributed by atoms with Crippen molar-refractivity contribution in [3.63, 3.8) is 0 Å². The second kappa shape index (κ2) is 8.79. The van der Waals surface area contributed by atoms with E-state index in [-0.39, 0.29) is 24.0 Å². The number of hydrogen-bond donors (Lipinski definition) is 4. The molecule has 0 heterocycles. The van der Waals surface area contributed by atoms with Crippen LogP contribution in [-0.4, -0.2) is 31.1 Å². The summed E-state index contributed by atoms with van der Waals surface area (Å²) in [7, 11) is 2.76. The Morgan fingerprint density at radius 1 is 1.20 bits per heavy atom. The Morgan fingerprint density at radius 2 is 1.84 bits per heavy atom. The van der Waals surface area contributed by atoms with E-state index in [9.17, 15) is 9.90 Å². The number of hydrogen-bond acceptors (Lipinski definition) is 6. The molecule has 0 aliphatic rings. The van der Waals surface area contributed by atoms with Gasteiger partial charge in [-0.25, -0.2) is 4.79 Å². The van der Waals surface area contributed by atoms with Gasteiger partial charge in [-0.05, 0) is 42.0 Å². The summed E-state index contributed by atoms with van der Waals surface area (Å²) in [6.07, 6.45) is 0. The van der Waals surface area contributed by atoms with E-state index in [2.05, 4.69) is 5.32 Å². The Bertz CT molecular complexity index is 750. The molecular weight excluding hydrogens is 346 g/mol. The lowest BCUT2D eigenvalue weighted by molar-refractivity contribution is -0.141. The average Bonchev–Trinajstić information content (AvgIpc) is 2.58. The molecule has 7 nitrogen and oxygen atoms in total. The predicted octanol–water partition coefficient (Wildman–Crippen LogP) is 2.43.